The van der Waals surface area contributed by atoms with Crippen LogP contribution < -0.4 is 5.32 Å². The average molecular weight is 317 g/mol. The third-order valence-electron chi connectivity index (χ3n) is 5.22. The summed E-state index contributed by atoms with van der Waals surface area (Å²) in [5, 5.41) is 12.0. The summed E-state index contributed by atoms with van der Waals surface area (Å²) in [5.41, 5.74) is 1.73. The lowest BCUT2D eigenvalue weighted by Crippen LogP contribution is -2.51. The molecule has 23 heavy (non-hydrogen) atoms. The number of carbonyl (C=O) groups is 2. The molecule has 0 bridgehead atoms. The lowest BCUT2D eigenvalue weighted by Gasteiger charge is -2.29. The normalized spacial score (nSPS) is 27.3. The third-order valence-corrected chi connectivity index (χ3v) is 5.22. The summed E-state index contributed by atoms with van der Waals surface area (Å²) >= 11 is 0. The van der Waals surface area contributed by atoms with Gasteiger partial charge in [-0.2, -0.15) is 0 Å². The fraction of sp³-hybridized carbons (Fsp3) is 0.556. The molecule has 2 aliphatic rings. The molecule has 0 saturated heterocycles. The van der Waals surface area contributed by atoms with Crippen LogP contribution in [0.1, 0.15) is 37.3 Å². The number of nitrogens with one attached hydrogen (secondary N) is 1. The van der Waals surface area contributed by atoms with Crippen molar-refractivity contribution < 1.29 is 19.4 Å². The van der Waals surface area contributed by atoms with Crippen molar-refractivity contribution in [3.63, 3.8) is 0 Å². The Morgan fingerprint density at radius 1 is 1.43 bits per heavy atom. The fourth-order valence-corrected chi connectivity index (χ4v) is 4.11. The number of aryl methyl sites for hydroxylation is 1. The topological polar surface area (TPSA) is 75.6 Å². The largest absolute Gasteiger partial charge is 0.481 e. The number of hydrogen-bond acceptors (Lipinski definition) is 3. The van der Waals surface area contributed by atoms with E-state index >= 15 is 0 Å². The minimum atomic E-state index is -0.943. The van der Waals surface area contributed by atoms with Crippen LogP contribution in [0.15, 0.2) is 24.3 Å². The Labute approximate surface area is 136 Å². The van der Waals surface area contributed by atoms with Gasteiger partial charge in [0.1, 0.15) is 0 Å². The lowest BCUT2D eigenvalue weighted by molar-refractivity contribution is -0.139. The van der Waals surface area contributed by atoms with Crippen molar-refractivity contribution in [1.29, 1.82) is 0 Å². The van der Waals surface area contributed by atoms with Crippen molar-refractivity contribution in [1.82, 2.24) is 5.32 Å². The van der Waals surface area contributed by atoms with Crippen molar-refractivity contribution in [3.05, 3.63) is 35.4 Å². The van der Waals surface area contributed by atoms with E-state index in [2.05, 4.69) is 17.4 Å². The van der Waals surface area contributed by atoms with Crippen molar-refractivity contribution >= 4 is 11.9 Å². The molecule has 1 saturated carbocycles. The van der Waals surface area contributed by atoms with E-state index in [1.807, 2.05) is 12.1 Å². The third kappa shape index (κ3) is 2.85. The molecule has 0 heterocycles. The molecule has 0 radical (unpaired) electrons. The lowest BCUT2D eigenvalue weighted by atomic mass is 9.94. The van der Waals surface area contributed by atoms with Gasteiger partial charge in [0.25, 0.3) is 0 Å². The molecule has 3 rings (SSSR count). The Bertz CT molecular complexity index is 644. The Morgan fingerprint density at radius 3 is 2.87 bits per heavy atom. The van der Waals surface area contributed by atoms with Gasteiger partial charge in [0.15, 0.2) is 0 Å². The van der Waals surface area contributed by atoms with Gasteiger partial charge in [0.2, 0.25) is 5.91 Å². The van der Waals surface area contributed by atoms with Crippen LogP contribution >= 0.6 is 0 Å². The van der Waals surface area contributed by atoms with E-state index in [0.717, 1.165) is 19.3 Å². The van der Waals surface area contributed by atoms with Crippen LogP contribution in [0.25, 0.3) is 0 Å². The molecule has 1 spiro atoms. The van der Waals surface area contributed by atoms with E-state index < -0.39 is 11.5 Å². The van der Waals surface area contributed by atoms with Crippen LogP contribution in [0.5, 0.6) is 0 Å². The maximum absolute atomic E-state index is 12.7. The summed E-state index contributed by atoms with van der Waals surface area (Å²) in [7, 11) is 1.51. The zero-order valence-electron chi connectivity index (χ0n) is 13.6. The molecule has 5 heteroatoms. The first-order chi connectivity index (χ1) is 10.9. The maximum atomic E-state index is 12.7. The molecule has 5 nitrogen and oxygen atoms in total. The number of carbonyl (C=O) groups excluding carboxylic acids is 1. The van der Waals surface area contributed by atoms with E-state index in [1.165, 1.54) is 18.2 Å². The van der Waals surface area contributed by atoms with E-state index in [9.17, 15) is 9.59 Å². The molecule has 0 aliphatic heterocycles. The molecule has 1 aromatic rings. The van der Waals surface area contributed by atoms with Crippen LogP contribution in [-0.4, -0.2) is 36.2 Å². The van der Waals surface area contributed by atoms with Gasteiger partial charge in [-0.3, -0.25) is 9.59 Å². The van der Waals surface area contributed by atoms with E-state index in [-0.39, 0.29) is 30.3 Å². The summed E-state index contributed by atoms with van der Waals surface area (Å²) < 4.78 is 5.10. The first-order valence-electron chi connectivity index (χ1n) is 8.01. The highest BCUT2D eigenvalue weighted by atomic mass is 16.5. The number of benzene rings is 1. The first-order valence-corrected chi connectivity index (χ1v) is 8.01. The summed E-state index contributed by atoms with van der Waals surface area (Å²) in [4.78, 5) is 23.8. The Kier molecular flexibility index (Phi) is 3.92. The molecule has 1 amide bonds. The molecule has 1 fully saturated rings. The van der Waals surface area contributed by atoms with Crippen molar-refractivity contribution in [2.75, 3.05) is 13.7 Å². The number of ether oxygens (including phenoxy) is 1. The second kappa shape index (κ2) is 5.64. The monoisotopic (exact) mass is 317 g/mol. The van der Waals surface area contributed by atoms with Crippen LogP contribution in [0.2, 0.25) is 0 Å². The summed E-state index contributed by atoms with van der Waals surface area (Å²) in [6.45, 7) is 1.90. The number of carboxylic acid groups (broad SMARTS) is 1. The molecule has 3 unspecified atom stereocenters. The van der Waals surface area contributed by atoms with E-state index in [0.29, 0.717) is 0 Å². The van der Waals surface area contributed by atoms with Gasteiger partial charge in [-0.1, -0.05) is 24.3 Å². The second-order valence-electron chi connectivity index (χ2n) is 7.12. The SMILES string of the molecule is COCC(C)(CC(=O)O)NC(=O)C1CC12CCc1ccccc12. The highest BCUT2D eigenvalue weighted by Gasteiger charge is 2.61. The predicted molar refractivity (Wildman–Crippen MR) is 85.2 cm³/mol. The van der Waals surface area contributed by atoms with Crippen molar-refractivity contribution in [2.24, 2.45) is 5.92 Å². The van der Waals surface area contributed by atoms with Crippen molar-refractivity contribution in [3.8, 4) is 0 Å². The van der Waals surface area contributed by atoms with Gasteiger partial charge in [-0.25, -0.2) is 0 Å². The summed E-state index contributed by atoms with van der Waals surface area (Å²) in [5.74, 6) is -1.06. The van der Waals surface area contributed by atoms with Gasteiger partial charge in [-0.05, 0) is 37.3 Å². The highest BCUT2D eigenvalue weighted by molar-refractivity contribution is 5.86. The number of amides is 1. The fourth-order valence-electron chi connectivity index (χ4n) is 4.11. The summed E-state index contributed by atoms with van der Waals surface area (Å²) in [6.07, 6.45) is 2.73. The number of rotatable bonds is 6. The molecular formula is C18H23NO4. The zero-order valence-corrected chi connectivity index (χ0v) is 13.6. The minimum Gasteiger partial charge on any atom is -0.481 e. The van der Waals surface area contributed by atoms with Crippen LogP contribution in [0.3, 0.4) is 0 Å². The Balaban J connectivity index is 1.72. The van der Waals surface area contributed by atoms with E-state index in [1.54, 1.807) is 6.92 Å². The smallest absolute Gasteiger partial charge is 0.305 e. The Hall–Kier alpha value is -1.88. The van der Waals surface area contributed by atoms with Crippen LogP contribution in [0, 0.1) is 5.92 Å². The Morgan fingerprint density at radius 2 is 2.17 bits per heavy atom. The van der Waals surface area contributed by atoms with Crippen LogP contribution in [-0.2, 0) is 26.2 Å². The van der Waals surface area contributed by atoms with Gasteiger partial charge < -0.3 is 15.2 Å². The minimum absolute atomic E-state index is 0.0299. The van der Waals surface area contributed by atoms with Crippen LogP contribution in [0.4, 0.5) is 0 Å². The number of carboxylic acids is 1. The van der Waals surface area contributed by atoms with Gasteiger partial charge in [0, 0.05) is 18.4 Å². The highest BCUT2D eigenvalue weighted by Crippen LogP contribution is 2.61. The number of methoxy groups -OCH3 is 1. The average Bonchev–Trinajstić information content (AvgIpc) is 3.09. The van der Waals surface area contributed by atoms with Gasteiger partial charge in [0.05, 0.1) is 18.6 Å². The quantitative estimate of drug-likeness (QED) is 0.840. The van der Waals surface area contributed by atoms with Crippen molar-refractivity contribution in [2.45, 2.75) is 43.6 Å². The maximum Gasteiger partial charge on any atom is 0.305 e. The number of fused-ring (bicyclic) bond motifs is 2. The molecule has 3 atom stereocenters. The first kappa shape index (κ1) is 16.0. The molecule has 1 aromatic carbocycles. The molecule has 2 N–H and O–H groups in total. The summed E-state index contributed by atoms with van der Waals surface area (Å²) in [6, 6.07) is 8.33. The van der Waals surface area contributed by atoms with Gasteiger partial charge in [-0.15, -0.1) is 0 Å². The standard InChI is InChI=1S/C18H23NO4/c1-17(11-23-2,10-15(20)21)19-16(22)14-9-18(14)8-7-12-5-3-4-6-13(12)18/h3-6,14H,7-11H2,1-2H3,(H,19,22)(H,20,21). The molecular weight excluding hydrogens is 294 g/mol. The van der Waals surface area contributed by atoms with E-state index in [4.69, 9.17) is 9.84 Å². The predicted octanol–water partition coefficient (Wildman–Crippen LogP) is 1.89. The zero-order chi connectivity index (χ0) is 16.7. The molecule has 2 aliphatic carbocycles. The second-order valence-corrected chi connectivity index (χ2v) is 7.12. The molecule has 0 aromatic heterocycles. The molecule has 124 valence electrons. The number of aliphatic carboxylic acids is 1. The van der Waals surface area contributed by atoms with Gasteiger partial charge >= 0.3 is 5.97 Å². The number of hydrogen-bond donors (Lipinski definition) is 2.